The number of amides is 2. The molecule has 0 bridgehead atoms. The molecule has 0 rings (SSSR count). The Morgan fingerprint density at radius 1 is 0.929 bits per heavy atom. The van der Waals surface area contributed by atoms with Crippen molar-refractivity contribution in [1.82, 2.24) is 4.90 Å². The third-order valence-corrected chi connectivity index (χ3v) is 4.72. The van der Waals surface area contributed by atoms with E-state index in [0.29, 0.717) is 19.5 Å². The quantitative estimate of drug-likeness (QED) is 0.279. The molecule has 0 aromatic rings. The third-order valence-electron chi connectivity index (χ3n) is 4.72. The number of rotatable bonds is 17. The number of carbonyl (C=O) groups excluding carboxylic acids is 2. The predicted octanol–water partition coefficient (Wildman–Crippen LogP) is 4.33. The summed E-state index contributed by atoms with van der Waals surface area (Å²) in [6.07, 6.45) is 8.85. The molecular weight excluding hydrogens is 360 g/mol. The summed E-state index contributed by atoms with van der Waals surface area (Å²) in [7, 11) is 0. The van der Waals surface area contributed by atoms with Crippen molar-refractivity contribution in [3.8, 4) is 0 Å². The van der Waals surface area contributed by atoms with E-state index < -0.39 is 12.0 Å². The average molecular weight is 401 g/mol. The van der Waals surface area contributed by atoms with Gasteiger partial charge in [-0.05, 0) is 38.5 Å². The summed E-state index contributed by atoms with van der Waals surface area (Å²) in [6.45, 7) is 6.93. The first-order valence-corrected chi connectivity index (χ1v) is 10.7. The van der Waals surface area contributed by atoms with Gasteiger partial charge in [-0.25, -0.2) is 4.79 Å². The normalized spacial score (nSPS) is 12.0. The number of unbranched alkanes of at least 4 members (excludes halogenated alkanes) is 5. The fraction of sp³-hybridized carbons (Fsp3) is 0.857. The van der Waals surface area contributed by atoms with Gasteiger partial charge in [-0.1, -0.05) is 46.5 Å². The molecule has 1 atom stereocenters. The molecule has 0 aromatic heterocycles. The number of carboxylic acids is 1. The number of carbonyl (C=O) groups is 3. The largest absolute Gasteiger partial charge is 0.481 e. The van der Waals surface area contributed by atoms with Crippen LogP contribution >= 0.6 is 0 Å². The molecule has 0 saturated carbocycles. The summed E-state index contributed by atoms with van der Waals surface area (Å²) >= 11 is 0. The molecule has 0 radical (unpaired) electrons. The van der Waals surface area contributed by atoms with Gasteiger partial charge in [0.2, 0.25) is 0 Å². The lowest BCUT2D eigenvalue weighted by atomic mass is 10.1. The number of hydrogen-bond donors (Lipinski definition) is 2. The van der Waals surface area contributed by atoms with Crippen LogP contribution in [0.3, 0.4) is 0 Å². The molecule has 0 saturated heterocycles. The molecule has 164 valence electrons. The van der Waals surface area contributed by atoms with Gasteiger partial charge in [-0.3, -0.25) is 9.59 Å². The van der Waals surface area contributed by atoms with Crippen molar-refractivity contribution in [2.24, 2.45) is 11.7 Å². The first-order valence-electron chi connectivity index (χ1n) is 10.7. The lowest BCUT2D eigenvalue weighted by molar-refractivity contribution is -0.153. The summed E-state index contributed by atoms with van der Waals surface area (Å²) in [5, 5.41) is 8.63. The zero-order valence-electron chi connectivity index (χ0n) is 18.0. The van der Waals surface area contributed by atoms with E-state index in [2.05, 4.69) is 6.92 Å². The standard InChI is InChI=1S/C21H40N2O5/c1-4-5-8-12-18(28-20(26)17(2)3)13-11-16-23(21(22)27)15-10-7-6-9-14-19(24)25/h17-18H,4-16H2,1-3H3,(H2,22,27)(H,24,25). The third kappa shape index (κ3) is 14.3. The molecule has 0 aliphatic carbocycles. The molecule has 0 aromatic carbocycles. The van der Waals surface area contributed by atoms with Crippen molar-refractivity contribution < 1.29 is 24.2 Å². The fourth-order valence-corrected chi connectivity index (χ4v) is 2.96. The second-order valence-corrected chi connectivity index (χ2v) is 7.73. The van der Waals surface area contributed by atoms with Gasteiger partial charge in [0.1, 0.15) is 6.10 Å². The van der Waals surface area contributed by atoms with Crippen LogP contribution in [-0.4, -0.2) is 47.2 Å². The van der Waals surface area contributed by atoms with Gasteiger partial charge in [-0.2, -0.15) is 0 Å². The summed E-state index contributed by atoms with van der Waals surface area (Å²) in [6, 6.07) is -0.438. The van der Waals surface area contributed by atoms with Gasteiger partial charge < -0.3 is 20.5 Å². The first-order chi connectivity index (χ1) is 13.3. The van der Waals surface area contributed by atoms with Crippen molar-refractivity contribution in [3.05, 3.63) is 0 Å². The van der Waals surface area contributed by atoms with Crippen molar-refractivity contribution in [2.45, 2.75) is 97.5 Å². The maximum Gasteiger partial charge on any atom is 0.314 e. The number of hydrogen-bond acceptors (Lipinski definition) is 4. The van der Waals surface area contributed by atoms with Crippen molar-refractivity contribution in [3.63, 3.8) is 0 Å². The Morgan fingerprint density at radius 3 is 2.11 bits per heavy atom. The van der Waals surface area contributed by atoms with E-state index in [4.69, 9.17) is 15.6 Å². The van der Waals surface area contributed by atoms with E-state index in [9.17, 15) is 14.4 Å². The molecule has 2 amide bonds. The SMILES string of the molecule is CCCCCC(CCCN(CCCCCCC(=O)O)C(N)=O)OC(=O)C(C)C. The summed E-state index contributed by atoms with van der Waals surface area (Å²) < 4.78 is 5.62. The van der Waals surface area contributed by atoms with Crippen molar-refractivity contribution in [2.75, 3.05) is 13.1 Å². The Bertz CT molecular complexity index is 454. The van der Waals surface area contributed by atoms with E-state index in [1.54, 1.807) is 4.90 Å². The van der Waals surface area contributed by atoms with Crippen LogP contribution in [0.15, 0.2) is 0 Å². The molecular formula is C21H40N2O5. The lowest BCUT2D eigenvalue weighted by Crippen LogP contribution is -2.37. The number of nitrogens with two attached hydrogens (primary N) is 1. The van der Waals surface area contributed by atoms with Crippen LogP contribution in [0.2, 0.25) is 0 Å². The Hall–Kier alpha value is -1.79. The van der Waals surface area contributed by atoms with Gasteiger partial charge >= 0.3 is 18.0 Å². The zero-order chi connectivity index (χ0) is 21.4. The molecule has 0 heterocycles. The van der Waals surface area contributed by atoms with Crippen LogP contribution in [0, 0.1) is 5.92 Å². The summed E-state index contributed by atoms with van der Waals surface area (Å²) in [4.78, 5) is 35.7. The maximum absolute atomic E-state index is 11.9. The highest BCUT2D eigenvalue weighted by atomic mass is 16.5. The minimum absolute atomic E-state index is 0.104. The van der Waals surface area contributed by atoms with E-state index in [-0.39, 0.29) is 24.4 Å². The summed E-state index contributed by atoms with van der Waals surface area (Å²) in [5.41, 5.74) is 5.48. The molecule has 28 heavy (non-hydrogen) atoms. The highest BCUT2D eigenvalue weighted by Gasteiger charge is 2.18. The van der Waals surface area contributed by atoms with Gasteiger partial charge in [0.25, 0.3) is 0 Å². The number of carboxylic acid groups (broad SMARTS) is 1. The van der Waals surface area contributed by atoms with Crippen LogP contribution in [0.25, 0.3) is 0 Å². The van der Waals surface area contributed by atoms with E-state index in [1.165, 1.54) is 0 Å². The Balaban J connectivity index is 4.27. The zero-order valence-corrected chi connectivity index (χ0v) is 18.0. The number of primary amides is 1. The van der Waals surface area contributed by atoms with Crippen molar-refractivity contribution in [1.29, 1.82) is 0 Å². The molecule has 0 aliphatic rings. The predicted molar refractivity (Wildman–Crippen MR) is 110 cm³/mol. The number of urea groups is 1. The van der Waals surface area contributed by atoms with Crippen molar-refractivity contribution >= 4 is 18.0 Å². The Labute approximate surface area is 170 Å². The monoisotopic (exact) mass is 400 g/mol. The van der Waals surface area contributed by atoms with Crippen LogP contribution in [0.4, 0.5) is 4.79 Å². The highest BCUT2D eigenvalue weighted by Crippen LogP contribution is 2.15. The Morgan fingerprint density at radius 2 is 1.54 bits per heavy atom. The van der Waals surface area contributed by atoms with E-state index >= 15 is 0 Å². The van der Waals surface area contributed by atoms with Gasteiger partial charge in [0.15, 0.2) is 0 Å². The topological polar surface area (TPSA) is 110 Å². The smallest absolute Gasteiger partial charge is 0.314 e. The number of nitrogens with zero attached hydrogens (tertiary/aromatic N) is 1. The minimum Gasteiger partial charge on any atom is -0.481 e. The molecule has 0 spiro atoms. The number of aliphatic carboxylic acids is 1. The molecule has 1 unspecified atom stereocenters. The second-order valence-electron chi connectivity index (χ2n) is 7.73. The average Bonchev–Trinajstić information content (AvgIpc) is 2.62. The minimum atomic E-state index is -0.773. The van der Waals surface area contributed by atoms with E-state index in [0.717, 1.165) is 57.8 Å². The number of ether oxygens (including phenoxy) is 1. The van der Waals surface area contributed by atoms with E-state index in [1.807, 2.05) is 13.8 Å². The first kappa shape index (κ1) is 26.2. The van der Waals surface area contributed by atoms with Gasteiger partial charge in [0.05, 0.1) is 5.92 Å². The molecule has 3 N–H and O–H groups in total. The van der Waals surface area contributed by atoms with Crippen LogP contribution in [0.1, 0.15) is 91.4 Å². The van der Waals surface area contributed by atoms with Crippen LogP contribution in [0.5, 0.6) is 0 Å². The Kier molecular flexibility index (Phi) is 15.2. The molecule has 7 heteroatoms. The maximum atomic E-state index is 11.9. The van der Waals surface area contributed by atoms with Crippen LogP contribution < -0.4 is 5.73 Å². The van der Waals surface area contributed by atoms with Gasteiger partial charge in [0, 0.05) is 19.5 Å². The second kappa shape index (κ2) is 16.2. The lowest BCUT2D eigenvalue weighted by Gasteiger charge is -2.23. The van der Waals surface area contributed by atoms with Crippen LogP contribution in [-0.2, 0) is 14.3 Å². The number of esters is 1. The van der Waals surface area contributed by atoms with Gasteiger partial charge in [-0.15, -0.1) is 0 Å². The fourth-order valence-electron chi connectivity index (χ4n) is 2.96. The molecule has 0 aliphatic heterocycles. The molecule has 7 nitrogen and oxygen atoms in total. The summed E-state index contributed by atoms with van der Waals surface area (Å²) in [5.74, 6) is -1.09. The highest BCUT2D eigenvalue weighted by molar-refractivity contribution is 5.72. The molecule has 0 fully saturated rings.